The van der Waals surface area contributed by atoms with E-state index in [2.05, 4.69) is 73.3 Å². The minimum atomic E-state index is -0.181. The maximum Gasteiger partial charge on any atom is 1.00 e. The second-order valence-corrected chi connectivity index (χ2v) is 7.50. The third kappa shape index (κ3) is 28.4. The zero-order valence-electron chi connectivity index (χ0n) is 20.1. The second kappa shape index (κ2) is 33.6. The Kier molecular flexibility index (Phi) is 47.4. The van der Waals surface area contributed by atoms with Gasteiger partial charge in [0.2, 0.25) is 0 Å². The summed E-state index contributed by atoms with van der Waals surface area (Å²) in [5.41, 5.74) is 3.27. The summed E-state index contributed by atoms with van der Waals surface area (Å²) in [6.45, 7) is 4.78. The number of benzene rings is 2. The quantitative estimate of drug-likeness (QED) is 0.121. The number of nitrogens with one attached hydrogen (secondary N) is 1. The number of phenolic OH excluding ortho intramolecular Hbond substituents is 1. The summed E-state index contributed by atoms with van der Waals surface area (Å²) >= 11 is 6.78. The fourth-order valence-corrected chi connectivity index (χ4v) is 3.02. The van der Waals surface area contributed by atoms with Crippen molar-refractivity contribution in [2.75, 3.05) is 6.54 Å². The normalized spacial score (nSPS) is 12.0. The van der Waals surface area contributed by atoms with E-state index in [1.807, 2.05) is 0 Å². The Labute approximate surface area is 316 Å². The second-order valence-electron chi connectivity index (χ2n) is 6.38. The molecule has 0 aromatic heterocycles. The van der Waals surface area contributed by atoms with Gasteiger partial charge in [0.15, 0.2) is 5.78 Å². The molecule has 6 nitrogen and oxygen atoms in total. The number of ketones is 1. The van der Waals surface area contributed by atoms with E-state index in [0.717, 1.165) is 16.7 Å². The van der Waals surface area contributed by atoms with Gasteiger partial charge >= 0.3 is 103 Å². The molecule has 3 rings (SSSR count). The Balaban J connectivity index is -0.0000000617. The van der Waals surface area contributed by atoms with Crippen LogP contribution >= 0.6 is 31.9 Å². The number of phenols is 1. The summed E-state index contributed by atoms with van der Waals surface area (Å²) in [5.74, 6) is 0.199. The molecular formula is C25H41Br2K2NO5. The van der Waals surface area contributed by atoms with Crippen molar-refractivity contribution in [2.24, 2.45) is 0 Å². The first-order valence-electron chi connectivity index (χ1n) is 9.33. The molecule has 1 saturated heterocycles. The average molecular weight is 674 g/mol. The molecule has 0 bridgehead atoms. The molecule has 192 valence electrons. The van der Waals surface area contributed by atoms with E-state index in [0.29, 0.717) is 5.56 Å². The number of rotatable bonds is 4. The van der Waals surface area contributed by atoms with Crippen molar-refractivity contribution in [3.63, 3.8) is 0 Å². The van der Waals surface area contributed by atoms with Crippen LogP contribution in [0.3, 0.4) is 0 Å². The van der Waals surface area contributed by atoms with Crippen molar-refractivity contribution in [3.8, 4) is 5.75 Å². The summed E-state index contributed by atoms with van der Waals surface area (Å²) in [6, 6.07) is 15.5. The van der Waals surface area contributed by atoms with Crippen LogP contribution in [0, 0.1) is 0 Å². The van der Waals surface area contributed by atoms with E-state index in [4.69, 9.17) is 15.2 Å². The topological polar surface area (TPSA) is 98.7 Å². The summed E-state index contributed by atoms with van der Waals surface area (Å²) in [4.78, 5) is 21.9. The summed E-state index contributed by atoms with van der Waals surface area (Å²) < 4.78 is 0. The minimum Gasteiger partial charge on any atom is -1.00 e. The maximum atomic E-state index is 10.7. The van der Waals surface area contributed by atoms with Gasteiger partial charge in [0.1, 0.15) is 5.75 Å². The van der Waals surface area contributed by atoms with Crippen LogP contribution in [0.4, 0.5) is 0 Å². The van der Waals surface area contributed by atoms with Gasteiger partial charge in [-0.05, 0) is 68.6 Å². The van der Waals surface area contributed by atoms with Crippen molar-refractivity contribution < 1.29 is 129 Å². The van der Waals surface area contributed by atoms with E-state index in [1.165, 1.54) is 49.6 Å². The Bertz CT molecular complexity index is 698. The van der Waals surface area contributed by atoms with Crippen molar-refractivity contribution in [1.29, 1.82) is 0 Å². The molecule has 10 heteroatoms. The van der Waals surface area contributed by atoms with E-state index in [1.54, 1.807) is 12.1 Å². The zero-order valence-corrected chi connectivity index (χ0v) is 28.6. The number of hydrogen-bond donors (Lipinski definition) is 2. The van der Waals surface area contributed by atoms with Gasteiger partial charge in [0, 0.05) is 22.3 Å². The maximum absolute atomic E-state index is 10.7. The monoisotopic (exact) mass is 671 g/mol. The van der Waals surface area contributed by atoms with Gasteiger partial charge in [-0.2, -0.15) is 0 Å². The first-order valence-corrected chi connectivity index (χ1v) is 11.6. The van der Waals surface area contributed by atoms with Crippen LogP contribution in [-0.4, -0.2) is 29.9 Å². The van der Waals surface area contributed by atoms with Crippen LogP contribution in [0.1, 0.15) is 71.9 Å². The molecular weight excluding hydrogens is 632 g/mol. The van der Waals surface area contributed by atoms with E-state index < -0.39 is 0 Å². The molecule has 0 amide bonds. The third-order valence-electron chi connectivity index (χ3n) is 3.95. The first kappa shape index (κ1) is 49.5. The van der Waals surface area contributed by atoms with Crippen molar-refractivity contribution in [3.05, 3.63) is 65.2 Å². The molecule has 1 heterocycles. The fourth-order valence-electron chi connectivity index (χ4n) is 2.27. The van der Waals surface area contributed by atoms with Gasteiger partial charge in [0.25, 0.3) is 6.47 Å². The van der Waals surface area contributed by atoms with Crippen molar-refractivity contribution in [2.45, 2.75) is 65.7 Å². The van der Waals surface area contributed by atoms with Gasteiger partial charge in [0.05, 0.1) is 0 Å². The molecule has 1 fully saturated rings. The number of halogens is 2. The van der Waals surface area contributed by atoms with Gasteiger partial charge in [-0.3, -0.25) is 9.59 Å². The third-order valence-corrected chi connectivity index (χ3v) is 5.25. The number of carbonyl (C=O) groups excluding carboxylic acids is 2. The van der Waals surface area contributed by atoms with Crippen LogP contribution < -0.4 is 113 Å². The Morgan fingerprint density at radius 1 is 1.06 bits per heavy atom. The van der Waals surface area contributed by atoms with Gasteiger partial charge in [-0.1, -0.05) is 78.4 Å². The molecule has 0 spiro atoms. The Morgan fingerprint density at radius 2 is 1.46 bits per heavy atom. The largest absolute Gasteiger partial charge is 1.00 e. The smallest absolute Gasteiger partial charge is 1.00 e. The molecule has 0 radical (unpaired) electrons. The van der Waals surface area contributed by atoms with Crippen LogP contribution in [0.25, 0.3) is 0 Å². The average Bonchev–Trinajstić information content (AvgIpc) is 3.26. The van der Waals surface area contributed by atoms with Gasteiger partial charge in [-0.25, -0.2) is 0 Å². The number of carbonyl (C=O) groups is 2. The predicted octanol–water partition coefficient (Wildman–Crippen LogP) is 0.293. The van der Waals surface area contributed by atoms with Crippen LogP contribution in [0.15, 0.2) is 48.5 Å². The van der Waals surface area contributed by atoms with Crippen LogP contribution in [0.5, 0.6) is 5.75 Å². The standard InChI is InChI=1S/C8H8Br2.C8H8O2.C5H11N.CH2O3.3CH4.2K.H/c9-5-7-1-2-8(6-10)4-3-7;1-6(9)7-2-4-8(10)5-3-7;1-5-3-2-4-6-5;2-1-4-3;;;;;;/h1-4H,5-6H2;2-5,10H,1H3;5-6H,2-4H2,1H3;1,3H;3*1H4;;;/q;;;;;;;2*+1;-1/p-1. The van der Waals surface area contributed by atoms with Crippen molar-refractivity contribution in [1.82, 2.24) is 5.32 Å². The molecule has 1 aliphatic rings. The summed E-state index contributed by atoms with van der Waals surface area (Å²) in [7, 11) is 0. The number of alkyl halides is 2. The Hall–Kier alpha value is 1.53. The minimum absolute atomic E-state index is 0. The van der Waals surface area contributed by atoms with E-state index in [-0.39, 0.29) is 144 Å². The summed E-state index contributed by atoms with van der Waals surface area (Å²) in [6.07, 6.45) is 2.75. The Morgan fingerprint density at radius 3 is 1.66 bits per heavy atom. The molecule has 2 aromatic rings. The predicted molar refractivity (Wildman–Crippen MR) is 145 cm³/mol. The summed E-state index contributed by atoms with van der Waals surface area (Å²) in [5, 5.41) is 22.5. The van der Waals surface area contributed by atoms with E-state index >= 15 is 0 Å². The van der Waals surface area contributed by atoms with Gasteiger partial charge in [-0.15, -0.1) is 0 Å². The molecule has 1 aliphatic heterocycles. The van der Waals surface area contributed by atoms with Crippen LogP contribution in [-0.2, 0) is 20.3 Å². The molecule has 0 saturated carbocycles. The SMILES string of the molecule is BrCc1ccc(CBr)cc1.C.C.C.CC(=O)c1ccc(O)cc1.CC1CCCN1.O=CO[O-].[H-].[K+].[K+]. The molecule has 35 heavy (non-hydrogen) atoms. The molecule has 1 atom stereocenters. The number of aromatic hydroxyl groups is 1. The fraction of sp³-hybridized carbons (Fsp3) is 0.440. The molecule has 0 aliphatic carbocycles. The van der Waals surface area contributed by atoms with E-state index in [9.17, 15) is 4.79 Å². The molecule has 2 N–H and O–H groups in total. The zero-order chi connectivity index (χ0) is 22.8. The molecule has 1 unspecified atom stereocenters. The van der Waals surface area contributed by atoms with Gasteiger partial charge < -0.3 is 22.0 Å². The molecule has 2 aromatic carbocycles. The first-order chi connectivity index (χ1) is 14.4. The van der Waals surface area contributed by atoms with Crippen LogP contribution in [0.2, 0.25) is 0 Å². The number of Topliss-reactive ketones (excluding diaryl/α,β-unsaturated/α-hetero) is 1. The number of hydrogen-bond acceptors (Lipinski definition) is 6. The van der Waals surface area contributed by atoms with Crippen molar-refractivity contribution >= 4 is 44.1 Å².